The fourth-order valence-electron chi connectivity index (χ4n) is 2.10. The molecule has 0 radical (unpaired) electrons. The highest BCUT2D eigenvalue weighted by molar-refractivity contribution is 6.29. The Kier molecular flexibility index (Phi) is 5.23. The number of aromatic nitrogens is 2. The van der Waals surface area contributed by atoms with Crippen molar-refractivity contribution in [2.45, 2.75) is 19.4 Å². The lowest BCUT2D eigenvalue weighted by Crippen LogP contribution is -2.06. The second kappa shape index (κ2) is 7.75. The van der Waals surface area contributed by atoms with Crippen molar-refractivity contribution in [2.75, 3.05) is 0 Å². The number of carbonyl (C=O) groups is 1. The summed E-state index contributed by atoms with van der Waals surface area (Å²) in [7, 11) is 0. The van der Waals surface area contributed by atoms with Crippen molar-refractivity contribution >= 4 is 17.6 Å². The summed E-state index contributed by atoms with van der Waals surface area (Å²) in [5, 5.41) is 0.406. The zero-order valence-electron chi connectivity index (χ0n) is 12.8. The van der Waals surface area contributed by atoms with E-state index in [-0.39, 0.29) is 19.0 Å². The minimum atomic E-state index is -0.315. The Labute approximate surface area is 144 Å². The van der Waals surface area contributed by atoms with Gasteiger partial charge in [-0.05, 0) is 6.07 Å². The number of carbonyl (C=O) groups excluding carboxylic acids is 1. The predicted molar refractivity (Wildman–Crippen MR) is 89.3 cm³/mol. The zero-order valence-corrected chi connectivity index (χ0v) is 13.6. The molecule has 6 heteroatoms. The van der Waals surface area contributed by atoms with Gasteiger partial charge in [0.2, 0.25) is 0 Å². The molecule has 24 heavy (non-hydrogen) atoms. The number of oxazole rings is 1. The molecule has 0 aliphatic rings. The van der Waals surface area contributed by atoms with Crippen LogP contribution < -0.4 is 0 Å². The highest BCUT2D eigenvalue weighted by Gasteiger charge is 2.10. The van der Waals surface area contributed by atoms with E-state index < -0.39 is 0 Å². The average Bonchev–Trinajstić information content (AvgIpc) is 3.09. The summed E-state index contributed by atoms with van der Waals surface area (Å²) in [6.45, 7) is 0.170. The van der Waals surface area contributed by atoms with Gasteiger partial charge in [0.25, 0.3) is 0 Å². The first-order valence-electron chi connectivity index (χ1n) is 7.47. The minimum absolute atomic E-state index is 0.170. The Morgan fingerprint density at radius 2 is 1.92 bits per heavy atom. The Hall–Kier alpha value is -2.66. The van der Waals surface area contributed by atoms with Gasteiger partial charge >= 0.3 is 5.97 Å². The van der Waals surface area contributed by atoms with Crippen molar-refractivity contribution in [2.24, 2.45) is 0 Å². The first kappa shape index (κ1) is 16.2. The van der Waals surface area contributed by atoms with E-state index in [0.717, 1.165) is 11.1 Å². The summed E-state index contributed by atoms with van der Waals surface area (Å²) in [6, 6.07) is 13.1. The van der Waals surface area contributed by atoms with E-state index in [4.69, 9.17) is 20.8 Å². The van der Waals surface area contributed by atoms with Crippen LogP contribution in [0.5, 0.6) is 0 Å². The molecule has 2 aromatic heterocycles. The van der Waals surface area contributed by atoms with Crippen LogP contribution in [0.2, 0.25) is 5.15 Å². The van der Waals surface area contributed by atoms with E-state index in [0.29, 0.717) is 23.2 Å². The molecule has 0 spiro atoms. The quantitative estimate of drug-likeness (QED) is 0.499. The number of halogens is 1. The third-order valence-electron chi connectivity index (χ3n) is 3.34. The second-order valence-corrected chi connectivity index (χ2v) is 5.52. The van der Waals surface area contributed by atoms with Crippen LogP contribution in [0, 0.1) is 0 Å². The molecule has 0 saturated carbocycles. The fraction of sp³-hybridized carbons (Fsp3) is 0.167. The van der Waals surface area contributed by atoms with Gasteiger partial charge in [0, 0.05) is 23.7 Å². The fourth-order valence-corrected chi connectivity index (χ4v) is 2.21. The van der Waals surface area contributed by atoms with Gasteiger partial charge in [-0.2, -0.15) is 0 Å². The van der Waals surface area contributed by atoms with Gasteiger partial charge < -0.3 is 9.15 Å². The summed E-state index contributed by atoms with van der Waals surface area (Å²) in [5.41, 5.74) is 1.74. The molecule has 0 amide bonds. The molecule has 0 aliphatic heterocycles. The lowest BCUT2D eigenvalue weighted by molar-refractivity contribution is -0.145. The first-order chi connectivity index (χ1) is 11.7. The van der Waals surface area contributed by atoms with Crippen LogP contribution in [0.1, 0.15) is 17.9 Å². The molecule has 3 rings (SSSR count). The highest BCUT2D eigenvalue weighted by Crippen LogP contribution is 2.20. The molecule has 1 aromatic carbocycles. The van der Waals surface area contributed by atoms with Crippen LogP contribution in [0.15, 0.2) is 59.3 Å². The van der Waals surface area contributed by atoms with Gasteiger partial charge in [0.15, 0.2) is 11.7 Å². The molecule has 0 atom stereocenters. The molecule has 122 valence electrons. The average molecular weight is 343 g/mol. The van der Waals surface area contributed by atoms with Crippen molar-refractivity contribution in [1.82, 2.24) is 9.97 Å². The summed E-state index contributed by atoms with van der Waals surface area (Å²) >= 11 is 5.70. The third kappa shape index (κ3) is 4.43. The van der Waals surface area contributed by atoms with Gasteiger partial charge in [-0.3, -0.25) is 4.79 Å². The number of hydrogen-bond acceptors (Lipinski definition) is 5. The Bertz CT molecular complexity index is 801. The molecule has 0 N–H and O–H groups in total. The molecular formula is C18H15ClN2O3. The van der Waals surface area contributed by atoms with Crippen LogP contribution in [0.3, 0.4) is 0 Å². The summed E-state index contributed by atoms with van der Waals surface area (Å²) in [4.78, 5) is 19.9. The monoisotopic (exact) mass is 342 g/mol. The lowest BCUT2D eigenvalue weighted by Gasteiger charge is -2.03. The van der Waals surface area contributed by atoms with Crippen LogP contribution in [0.25, 0.3) is 11.3 Å². The number of aryl methyl sites for hydroxylation is 1. The van der Waals surface area contributed by atoms with Gasteiger partial charge in [0.1, 0.15) is 11.8 Å². The van der Waals surface area contributed by atoms with E-state index in [9.17, 15) is 4.79 Å². The highest BCUT2D eigenvalue weighted by atomic mass is 35.5. The molecule has 0 unspecified atom stereocenters. The van der Waals surface area contributed by atoms with E-state index in [1.54, 1.807) is 24.5 Å². The topological polar surface area (TPSA) is 65.2 Å². The third-order valence-corrected chi connectivity index (χ3v) is 3.57. The minimum Gasteiger partial charge on any atom is -0.461 e. The number of hydrogen-bond donors (Lipinski definition) is 0. The van der Waals surface area contributed by atoms with E-state index in [1.807, 2.05) is 30.3 Å². The standard InChI is InChI=1S/C18H15ClN2O3/c19-16-7-6-13(10-20-16)12-23-18(22)9-8-17-21-11-15(24-17)14-4-2-1-3-5-14/h1-7,10-11H,8-9,12H2. The normalized spacial score (nSPS) is 10.5. The predicted octanol–water partition coefficient (Wildman–Crippen LogP) is 4.07. The Morgan fingerprint density at radius 3 is 2.67 bits per heavy atom. The Balaban J connectivity index is 1.48. The van der Waals surface area contributed by atoms with E-state index in [1.165, 1.54) is 0 Å². The molecule has 0 aliphatic carbocycles. The van der Waals surface area contributed by atoms with Crippen LogP contribution in [-0.2, 0) is 22.6 Å². The maximum absolute atomic E-state index is 11.8. The maximum atomic E-state index is 11.8. The van der Waals surface area contributed by atoms with Gasteiger partial charge in [-0.1, -0.05) is 48.0 Å². The van der Waals surface area contributed by atoms with E-state index >= 15 is 0 Å². The van der Waals surface area contributed by atoms with Crippen LogP contribution in [-0.4, -0.2) is 15.9 Å². The number of rotatable bonds is 6. The molecule has 0 fully saturated rings. The smallest absolute Gasteiger partial charge is 0.306 e. The largest absolute Gasteiger partial charge is 0.461 e. The molecule has 0 saturated heterocycles. The van der Waals surface area contributed by atoms with E-state index in [2.05, 4.69) is 9.97 Å². The van der Waals surface area contributed by atoms with Crippen molar-refractivity contribution in [3.8, 4) is 11.3 Å². The van der Waals surface area contributed by atoms with Gasteiger partial charge in [-0.15, -0.1) is 0 Å². The maximum Gasteiger partial charge on any atom is 0.306 e. The molecule has 2 heterocycles. The van der Waals surface area contributed by atoms with Crippen molar-refractivity contribution < 1.29 is 13.9 Å². The number of benzene rings is 1. The zero-order chi connectivity index (χ0) is 16.8. The summed E-state index contributed by atoms with van der Waals surface area (Å²) < 4.78 is 10.8. The lowest BCUT2D eigenvalue weighted by atomic mass is 10.2. The number of esters is 1. The van der Waals surface area contributed by atoms with Crippen molar-refractivity contribution in [1.29, 1.82) is 0 Å². The first-order valence-corrected chi connectivity index (χ1v) is 7.85. The summed E-state index contributed by atoms with van der Waals surface area (Å²) in [6.07, 6.45) is 3.84. The Morgan fingerprint density at radius 1 is 1.08 bits per heavy atom. The van der Waals surface area contributed by atoms with Crippen molar-refractivity contribution in [3.05, 3.63) is 71.5 Å². The summed E-state index contributed by atoms with van der Waals surface area (Å²) in [5.74, 6) is 0.884. The molecule has 3 aromatic rings. The van der Waals surface area contributed by atoms with Gasteiger partial charge in [-0.25, -0.2) is 9.97 Å². The van der Waals surface area contributed by atoms with Crippen molar-refractivity contribution in [3.63, 3.8) is 0 Å². The van der Waals surface area contributed by atoms with Gasteiger partial charge in [0.05, 0.1) is 12.6 Å². The molecular weight excluding hydrogens is 328 g/mol. The number of pyridine rings is 1. The number of ether oxygens (including phenoxy) is 1. The van der Waals surface area contributed by atoms with Crippen LogP contribution >= 0.6 is 11.6 Å². The molecule has 0 bridgehead atoms. The second-order valence-electron chi connectivity index (χ2n) is 5.13. The number of nitrogens with zero attached hydrogens (tertiary/aromatic N) is 2. The molecule has 5 nitrogen and oxygen atoms in total. The van der Waals surface area contributed by atoms with Crippen LogP contribution in [0.4, 0.5) is 0 Å². The SMILES string of the molecule is O=C(CCc1ncc(-c2ccccc2)o1)OCc1ccc(Cl)nc1.